The van der Waals surface area contributed by atoms with E-state index in [1.54, 1.807) is 13.8 Å². The lowest BCUT2D eigenvalue weighted by Crippen LogP contribution is -2.46. The van der Waals surface area contributed by atoms with Crippen LogP contribution in [0.2, 0.25) is 0 Å². The van der Waals surface area contributed by atoms with Crippen molar-refractivity contribution in [3.63, 3.8) is 0 Å². The summed E-state index contributed by atoms with van der Waals surface area (Å²) in [6.07, 6.45) is 2.40. The molecule has 1 heterocycles. The largest absolute Gasteiger partial charge is 0.337 e. The maximum Gasteiger partial charge on any atom is 0.325 e. The van der Waals surface area contributed by atoms with E-state index in [-0.39, 0.29) is 12.3 Å². The van der Waals surface area contributed by atoms with Crippen molar-refractivity contribution in [2.24, 2.45) is 5.92 Å². The highest BCUT2D eigenvalue weighted by Crippen LogP contribution is 2.27. The first-order valence-corrected chi connectivity index (χ1v) is 5.60. The zero-order chi connectivity index (χ0) is 11.5. The topological polar surface area (TPSA) is 20.3 Å². The molecule has 0 unspecified atom stereocenters. The van der Waals surface area contributed by atoms with Gasteiger partial charge in [0, 0.05) is 19.5 Å². The number of piperidine rings is 1. The van der Waals surface area contributed by atoms with E-state index >= 15 is 0 Å². The summed E-state index contributed by atoms with van der Waals surface area (Å²) in [5.41, 5.74) is 0. The van der Waals surface area contributed by atoms with Crippen LogP contribution in [0.4, 0.5) is 8.78 Å². The minimum atomic E-state index is -3.18. The molecule has 1 fully saturated rings. The maximum atomic E-state index is 13.5. The molecule has 0 bridgehead atoms. The molecule has 1 aliphatic heterocycles. The number of amides is 1. The molecule has 0 saturated carbocycles. The molecular weight excluding hydrogens is 200 g/mol. The number of hydrogen-bond acceptors (Lipinski definition) is 1. The van der Waals surface area contributed by atoms with Gasteiger partial charge >= 0.3 is 5.92 Å². The number of nitrogens with zero attached hydrogens (tertiary/aromatic N) is 1. The maximum absolute atomic E-state index is 13.5. The van der Waals surface area contributed by atoms with E-state index in [1.807, 2.05) is 0 Å². The van der Waals surface area contributed by atoms with Crippen molar-refractivity contribution in [2.75, 3.05) is 13.1 Å². The smallest absolute Gasteiger partial charge is 0.325 e. The van der Waals surface area contributed by atoms with E-state index in [9.17, 15) is 13.6 Å². The van der Waals surface area contributed by atoms with Crippen molar-refractivity contribution < 1.29 is 13.6 Å². The van der Waals surface area contributed by atoms with Gasteiger partial charge in [-0.25, -0.2) is 0 Å². The predicted molar refractivity (Wildman–Crippen MR) is 54.8 cm³/mol. The fourth-order valence-electron chi connectivity index (χ4n) is 1.93. The second kappa shape index (κ2) is 4.90. The van der Waals surface area contributed by atoms with E-state index in [2.05, 4.69) is 0 Å². The summed E-state index contributed by atoms with van der Waals surface area (Å²) >= 11 is 0. The van der Waals surface area contributed by atoms with Gasteiger partial charge in [0.15, 0.2) is 0 Å². The van der Waals surface area contributed by atoms with Gasteiger partial charge < -0.3 is 4.90 Å². The molecule has 0 atom stereocenters. The predicted octanol–water partition coefficient (Wildman–Crippen LogP) is 2.68. The summed E-state index contributed by atoms with van der Waals surface area (Å²) in [5, 5.41) is 0. The zero-order valence-electron chi connectivity index (χ0n) is 9.43. The standard InChI is InChI=1S/C11H19F2NO/c1-9(2)8-11(12,13)10(15)14-6-4-3-5-7-14/h9H,3-8H2,1-2H3. The number of hydrogen-bond donors (Lipinski definition) is 0. The SMILES string of the molecule is CC(C)CC(F)(F)C(=O)N1CCCCC1. The van der Waals surface area contributed by atoms with E-state index in [0.29, 0.717) is 13.1 Å². The summed E-state index contributed by atoms with van der Waals surface area (Å²) in [6.45, 7) is 4.40. The lowest BCUT2D eigenvalue weighted by Gasteiger charge is -2.30. The second-order valence-electron chi connectivity index (χ2n) is 4.66. The van der Waals surface area contributed by atoms with Crippen molar-refractivity contribution >= 4 is 5.91 Å². The number of alkyl halides is 2. The van der Waals surface area contributed by atoms with Gasteiger partial charge in [-0.3, -0.25) is 4.79 Å². The highest BCUT2D eigenvalue weighted by atomic mass is 19.3. The number of carbonyl (C=O) groups is 1. The summed E-state index contributed by atoms with van der Waals surface area (Å²) in [7, 11) is 0. The van der Waals surface area contributed by atoms with Crippen LogP contribution < -0.4 is 0 Å². The van der Waals surface area contributed by atoms with Crippen LogP contribution in [0.15, 0.2) is 0 Å². The first kappa shape index (κ1) is 12.4. The van der Waals surface area contributed by atoms with Gasteiger partial charge in [0.25, 0.3) is 5.91 Å². The van der Waals surface area contributed by atoms with Crippen molar-refractivity contribution in [2.45, 2.75) is 45.5 Å². The van der Waals surface area contributed by atoms with Gasteiger partial charge in [-0.05, 0) is 25.2 Å². The van der Waals surface area contributed by atoms with Crippen LogP contribution in [0.25, 0.3) is 0 Å². The first-order valence-electron chi connectivity index (χ1n) is 5.60. The molecule has 0 radical (unpaired) electrons. The molecule has 0 N–H and O–H groups in total. The normalized spacial score (nSPS) is 18.3. The lowest BCUT2D eigenvalue weighted by molar-refractivity contribution is -0.160. The molecule has 1 rings (SSSR count). The van der Waals surface area contributed by atoms with E-state index < -0.39 is 11.8 Å². The van der Waals surface area contributed by atoms with Gasteiger partial charge in [0.2, 0.25) is 0 Å². The molecule has 4 heteroatoms. The Kier molecular flexibility index (Phi) is 4.05. The van der Waals surface area contributed by atoms with Crippen molar-refractivity contribution in [1.29, 1.82) is 0 Å². The third-order valence-corrected chi connectivity index (χ3v) is 2.62. The lowest BCUT2D eigenvalue weighted by atomic mass is 10.0. The molecule has 0 aromatic carbocycles. The molecule has 1 aliphatic rings. The number of likely N-dealkylation sites (tertiary alicyclic amines) is 1. The van der Waals surface area contributed by atoms with Crippen molar-refractivity contribution in [1.82, 2.24) is 4.90 Å². The molecular formula is C11H19F2NO. The van der Waals surface area contributed by atoms with Crippen LogP contribution in [0.5, 0.6) is 0 Å². The molecule has 1 amide bonds. The third-order valence-electron chi connectivity index (χ3n) is 2.62. The summed E-state index contributed by atoms with van der Waals surface area (Å²) in [5.74, 6) is -4.31. The Balaban J connectivity index is 2.56. The Bertz CT molecular complexity index is 223. The summed E-state index contributed by atoms with van der Waals surface area (Å²) in [4.78, 5) is 12.8. The fourth-order valence-corrected chi connectivity index (χ4v) is 1.93. The Labute approximate surface area is 89.6 Å². The van der Waals surface area contributed by atoms with Crippen LogP contribution in [0, 0.1) is 5.92 Å². The molecule has 88 valence electrons. The van der Waals surface area contributed by atoms with E-state index in [1.165, 1.54) is 4.90 Å². The van der Waals surface area contributed by atoms with Gasteiger partial charge in [0.1, 0.15) is 0 Å². The van der Waals surface area contributed by atoms with Crippen LogP contribution >= 0.6 is 0 Å². The van der Waals surface area contributed by atoms with Crippen LogP contribution in [-0.4, -0.2) is 29.8 Å². The minimum Gasteiger partial charge on any atom is -0.337 e. The average molecular weight is 219 g/mol. The Morgan fingerprint density at radius 3 is 2.27 bits per heavy atom. The van der Waals surface area contributed by atoms with Crippen LogP contribution in [0.3, 0.4) is 0 Å². The monoisotopic (exact) mass is 219 g/mol. The first-order chi connectivity index (χ1) is 6.93. The Morgan fingerprint density at radius 2 is 1.80 bits per heavy atom. The highest BCUT2D eigenvalue weighted by Gasteiger charge is 2.42. The quantitative estimate of drug-likeness (QED) is 0.714. The number of rotatable bonds is 3. The average Bonchev–Trinajstić information content (AvgIpc) is 2.16. The molecule has 0 spiro atoms. The van der Waals surface area contributed by atoms with Gasteiger partial charge in [-0.1, -0.05) is 13.8 Å². The minimum absolute atomic E-state index is 0.159. The third kappa shape index (κ3) is 3.43. The summed E-state index contributed by atoms with van der Waals surface area (Å²) in [6, 6.07) is 0. The van der Waals surface area contributed by atoms with Gasteiger partial charge in [0.05, 0.1) is 0 Å². The second-order valence-corrected chi connectivity index (χ2v) is 4.66. The molecule has 0 aromatic heterocycles. The van der Waals surface area contributed by atoms with Crippen molar-refractivity contribution in [3.8, 4) is 0 Å². The molecule has 15 heavy (non-hydrogen) atoms. The Morgan fingerprint density at radius 1 is 1.27 bits per heavy atom. The summed E-state index contributed by atoms with van der Waals surface area (Å²) < 4.78 is 26.9. The van der Waals surface area contributed by atoms with E-state index in [4.69, 9.17) is 0 Å². The fraction of sp³-hybridized carbons (Fsp3) is 0.909. The molecule has 1 saturated heterocycles. The van der Waals surface area contributed by atoms with Gasteiger partial charge in [-0.15, -0.1) is 0 Å². The van der Waals surface area contributed by atoms with Crippen LogP contribution in [-0.2, 0) is 4.79 Å². The van der Waals surface area contributed by atoms with Crippen molar-refractivity contribution in [3.05, 3.63) is 0 Å². The zero-order valence-corrected chi connectivity index (χ0v) is 9.43. The molecule has 0 aliphatic carbocycles. The molecule has 0 aromatic rings. The van der Waals surface area contributed by atoms with Gasteiger partial charge in [-0.2, -0.15) is 8.78 Å². The number of halogens is 2. The Hall–Kier alpha value is -0.670. The van der Waals surface area contributed by atoms with Crippen LogP contribution in [0.1, 0.15) is 39.5 Å². The highest BCUT2D eigenvalue weighted by molar-refractivity contribution is 5.83. The molecule has 2 nitrogen and oxygen atoms in total. The number of carbonyl (C=O) groups excluding carboxylic acids is 1. The van der Waals surface area contributed by atoms with E-state index in [0.717, 1.165) is 19.3 Å².